The molecule has 2 nitrogen and oxygen atoms in total. The van der Waals surface area contributed by atoms with Gasteiger partial charge in [-0.25, -0.2) is 0 Å². The minimum absolute atomic E-state index is 0.813. The number of benzene rings is 1. The highest BCUT2D eigenvalue weighted by atomic mass is 15.1. The molecule has 2 heteroatoms. The molecule has 0 saturated carbocycles. The lowest BCUT2D eigenvalue weighted by atomic mass is 10.0. The fourth-order valence-electron chi connectivity index (χ4n) is 2.25. The predicted molar refractivity (Wildman–Crippen MR) is 65.4 cm³/mol. The maximum absolute atomic E-state index is 5.49. The Kier molecular flexibility index (Phi) is 3.27. The van der Waals surface area contributed by atoms with Crippen LogP contribution in [0.3, 0.4) is 0 Å². The van der Waals surface area contributed by atoms with E-state index >= 15 is 0 Å². The average molecular weight is 204 g/mol. The van der Waals surface area contributed by atoms with Crippen molar-refractivity contribution in [3.05, 3.63) is 29.3 Å². The Morgan fingerprint density at radius 3 is 3.00 bits per heavy atom. The fourth-order valence-corrected chi connectivity index (χ4v) is 2.25. The second-order valence-corrected chi connectivity index (χ2v) is 4.38. The van der Waals surface area contributed by atoms with Crippen LogP contribution in [0.15, 0.2) is 18.2 Å². The molecular weight excluding hydrogens is 184 g/mol. The molecule has 1 heterocycles. The summed E-state index contributed by atoms with van der Waals surface area (Å²) in [4.78, 5) is 2.33. The number of hydrogen-bond donors (Lipinski definition) is 1. The Bertz CT molecular complexity index is 333. The molecule has 1 aliphatic rings. The molecule has 0 fully saturated rings. The number of nitrogens with zero attached hydrogens (tertiary/aromatic N) is 1. The molecule has 0 atom stereocenters. The molecule has 1 aliphatic heterocycles. The highest BCUT2D eigenvalue weighted by molar-refractivity contribution is 5.58. The zero-order chi connectivity index (χ0) is 10.7. The summed E-state index contributed by atoms with van der Waals surface area (Å²) < 4.78 is 0. The van der Waals surface area contributed by atoms with E-state index in [2.05, 4.69) is 30.1 Å². The van der Waals surface area contributed by atoms with Crippen molar-refractivity contribution in [3.8, 4) is 0 Å². The van der Waals surface area contributed by atoms with Crippen molar-refractivity contribution in [1.29, 1.82) is 0 Å². The van der Waals surface area contributed by atoms with Crippen LogP contribution in [0.5, 0.6) is 0 Å². The minimum atomic E-state index is 0.813. The van der Waals surface area contributed by atoms with Crippen molar-refractivity contribution in [1.82, 2.24) is 0 Å². The minimum Gasteiger partial charge on any atom is -0.374 e. The molecule has 82 valence electrons. The lowest BCUT2D eigenvalue weighted by Gasteiger charge is -2.12. The molecule has 15 heavy (non-hydrogen) atoms. The lowest BCUT2D eigenvalue weighted by molar-refractivity contribution is 0.744. The summed E-state index contributed by atoms with van der Waals surface area (Å²) in [6.07, 6.45) is 4.73. The maximum Gasteiger partial charge on any atom is 0.0397 e. The van der Waals surface area contributed by atoms with Crippen LogP contribution in [0, 0.1) is 0 Å². The predicted octanol–water partition coefficient (Wildman–Crippen LogP) is 1.96. The molecule has 0 saturated heterocycles. The second-order valence-electron chi connectivity index (χ2n) is 4.38. The number of anilines is 1. The first-order chi connectivity index (χ1) is 7.31. The third-order valence-electron chi connectivity index (χ3n) is 3.19. The van der Waals surface area contributed by atoms with Gasteiger partial charge in [0.15, 0.2) is 0 Å². The van der Waals surface area contributed by atoms with Crippen molar-refractivity contribution >= 4 is 5.69 Å². The molecule has 0 aromatic heterocycles. The summed E-state index contributed by atoms with van der Waals surface area (Å²) in [6, 6.07) is 6.90. The lowest BCUT2D eigenvalue weighted by Crippen LogP contribution is -2.12. The van der Waals surface area contributed by atoms with Crippen molar-refractivity contribution in [3.63, 3.8) is 0 Å². The summed E-state index contributed by atoms with van der Waals surface area (Å²) in [7, 11) is 2.17. The van der Waals surface area contributed by atoms with Gasteiger partial charge in [0, 0.05) is 19.3 Å². The zero-order valence-corrected chi connectivity index (χ0v) is 9.50. The summed E-state index contributed by atoms with van der Waals surface area (Å²) in [5.74, 6) is 0. The van der Waals surface area contributed by atoms with Gasteiger partial charge < -0.3 is 10.6 Å². The molecule has 0 radical (unpaired) electrons. The number of unbranched alkanes of at least 4 members (excludes halogenated alkanes) is 1. The van der Waals surface area contributed by atoms with Crippen LogP contribution in [0.25, 0.3) is 0 Å². The van der Waals surface area contributed by atoms with E-state index in [1.54, 1.807) is 0 Å². The number of nitrogens with two attached hydrogens (primary N) is 1. The standard InChI is InChI=1S/C13H20N2/c1-15-9-7-12-10-11(4-2-3-8-14)5-6-13(12)15/h5-6,10H,2-4,7-9,14H2,1H3. The Balaban J connectivity index is 2.03. The summed E-state index contributed by atoms with van der Waals surface area (Å²) in [5.41, 5.74) is 9.90. The molecule has 0 spiro atoms. The first-order valence-corrected chi connectivity index (χ1v) is 5.84. The van der Waals surface area contributed by atoms with Crippen molar-refractivity contribution in [2.24, 2.45) is 5.73 Å². The number of fused-ring (bicyclic) bond motifs is 1. The number of rotatable bonds is 4. The van der Waals surface area contributed by atoms with E-state index in [9.17, 15) is 0 Å². The Hall–Kier alpha value is -1.02. The van der Waals surface area contributed by atoms with Crippen LogP contribution < -0.4 is 10.6 Å². The van der Waals surface area contributed by atoms with Gasteiger partial charge in [-0.3, -0.25) is 0 Å². The largest absolute Gasteiger partial charge is 0.374 e. The first-order valence-electron chi connectivity index (χ1n) is 5.84. The third-order valence-corrected chi connectivity index (χ3v) is 3.19. The van der Waals surface area contributed by atoms with E-state index in [1.165, 1.54) is 42.6 Å². The van der Waals surface area contributed by atoms with E-state index in [4.69, 9.17) is 5.73 Å². The zero-order valence-electron chi connectivity index (χ0n) is 9.50. The fraction of sp³-hybridized carbons (Fsp3) is 0.538. The number of likely N-dealkylation sites (N-methyl/N-ethyl adjacent to an activating group) is 1. The maximum atomic E-state index is 5.49. The quantitative estimate of drug-likeness (QED) is 0.760. The molecule has 1 aromatic rings. The molecule has 1 aromatic carbocycles. The van der Waals surface area contributed by atoms with Crippen LogP contribution in [0.2, 0.25) is 0 Å². The van der Waals surface area contributed by atoms with Crippen molar-refractivity contribution in [2.75, 3.05) is 25.0 Å². The highest BCUT2D eigenvalue weighted by Crippen LogP contribution is 2.27. The van der Waals surface area contributed by atoms with Crippen LogP contribution in [0.1, 0.15) is 24.0 Å². The van der Waals surface area contributed by atoms with Crippen LogP contribution in [-0.4, -0.2) is 20.1 Å². The smallest absolute Gasteiger partial charge is 0.0397 e. The normalized spacial score (nSPS) is 14.4. The Morgan fingerprint density at radius 2 is 2.20 bits per heavy atom. The Labute approximate surface area is 92.1 Å². The van der Waals surface area contributed by atoms with Gasteiger partial charge >= 0.3 is 0 Å². The van der Waals surface area contributed by atoms with Crippen LogP contribution >= 0.6 is 0 Å². The molecule has 0 amide bonds. The van der Waals surface area contributed by atoms with E-state index in [0.717, 1.165) is 13.0 Å². The second kappa shape index (κ2) is 4.67. The van der Waals surface area contributed by atoms with Gasteiger partial charge in [0.05, 0.1) is 0 Å². The van der Waals surface area contributed by atoms with Gasteiger partial charge in [0.25, 0.3) is 0 Å². The molecule has 0 bridgehead atoms. The Morgan fingerprint density at radius 1 is 1.33 bits per heavy atom. The van der Waals surface area contributed by atoms with Crippen molar-refractivity contribution in [2.45, 2.75) is 25.7 Å². The number of aryl methyl sites for hydroxylation is 1. The molecule has 0 aliphatic carbocycles. The van der Waals surface area contributed by atoms with Crippen molar-refractivity contribution < 1.29 is 0 Å². The monoisotopic (exact) mass is 204 g/mol. The topological polar surface area (TPSA) is 29.3 Å². The summed E-state index contributed by atoms with van der Waals surface area (Å²) >= 11 is 0. The van der Waals surface area contributed by atoms with Gasteiger partial charge in [-0.1, -0.05) is 12.1 Å². The van der Waals surface area contributed by atoms with E-state index in [-0.39, 0.29) is 0 Å². The molecular formula is C13H20N2. The van der Waals surface area contributed by atoms with E-state index in [1.807, 2.05) is 0 Å². The average Bonchev–Trinajstić information content (AvgIpc) is 2.61. The number of hydrogen-bond acceptors (Lipinski definition) is 2. The van der Waals surface area contributed by atoms with Gasteiger partial charge in [-0.15, -0.1) is 0 Å². The van der Waals surface area contributed by atoms with Crippen LogP contribution in [0.4, 0.5) is 5.69 Å². The van der Waals surface area contributed by atoms with E-state index in [0.29, 0.717) is 0 Å². The van der Waals surface area contributed by atoms with Gasteiger partial charge in [0.2, 0.25) is 0 Å². The van der Waals surface area contributed by atoms with Crippen LogP contribution in [-0.2, 0) is 12.8 Å². The first kappa shape index (κ1) is 10.5. The highest BCUT2D eigenvalue weighted by Gasteiger charge is 2.14. The van der Waals surface area contributed by atoms with Gasteiger partial charge in [0.1, 0.15) is 0 Å². The SMILES string of the molecule is CN1CCc2cc(CCCCN)ccc21. The molecule has 2 N–H and O–H groups in total. The summed E-state index contributed by atoms with van der Waals surface area (Å²) in [5, 5.41) is 0. The van der Waals surface area contributed by atoms with Gasteiger partial charge in [-0.05, 0) is 49.4 Å². The van der Waals surface area contributed by atoms with E-state index < -0.39 is 0 Å². The molecule has 0 unspecified atom stereocenters. The summed E-state index contributed by atoms with van der Waals surface area (Å²) in [6.45, 7) is 1.98. The van der Waals surface area contributed by atoms with Gasteiger partial charge in [-0.2, -0.15) is 0 Å². The third kappa shape index (κ3) is 2.32. The molecule has 2 rings (SSSR count).